The van der Waals surface area contributed by atoms with Crippen LogP contribution in [0.1, 0.15) is 159 Å². The number of benzene rings is 1. The van der Waals surface area contributed by atoms with E-state index >= 15 is 0 Å². The maximum Gasteiger partial charge on any atom is 0.413 e. The van der Waals surface area contributed by atoms with Crippen LogP contribution in [0.25, 0.3) is 0 Å². The monoisotopic (exact) mass is 595 g/mol. The van der Waals surface area contributed by atoms with Crippen LogP contribution in [0.4, 0.5) is 4.79 Å². The van der Waals surface area contributed by atoms with Gasteiger partial charge in [0.2, 0.25) is 6.79 Å². The predicted molar refractivity (Wildman–Crippen MR) is 174 cm³/mol. The molecule has 0 saturated carbocycles. The zero-order valence-corrected chi connectivity index (χ0v) is 26.9. The molecule has 1 aromatic rings. The number of hydrogen-bond donors (Lipinski definition) is 0. The van der Waals surface area contributed by atoms with E-state index in [2.05, 4.69) is 18.9 Å². The number of terminal acetylenes is 1. The largest absolute Gasteiger partial charge is 0.428 e. The van der Waals surface area contributed by atoms with Gasteiger partial charge in [-0.1, -0.05) is 127 Å². The molecule has 6 heteroatoms. The summed E-state index contributed by atoms with van der Waals surface area (Å²) in [7, 11) is 0. The first kappa shape index (κ1) is 36.4. The average Bonchev–Trinajstić information content (AvgIpc) is 3.43. The fraction of sp³-hybridized carbons (Fsp3) is 0.703. The Bertz CT molecular complexity index is 968. The molecule has 0 spiro atoms. The van der Waals surface area contributed by atoms with Gasteiger partial charge in [-0.25, -0.2) is 4.79 Å². The van der Waals surface area contributed by atoms with Gasteiger partial charge >= 0.3 is 12.1 Å². The fourth-order valence-electron chi connectivity index (χ4n) is 5.97. The molecule has 1 amide bonds. The molecule has 0 heterocycles. The van der Waals surface area contributed by atoms with Crippen LogP contribution in [-0.2, 0) is 25.5 Å². The Hall–Kier alpha value is -2.81. The summed E-state index contributed by atoms with van der Waals surface area (Å²) >= 11 is 0. The summed E-state index contributed by atoms with van der Waals surface area (Å²) < 4.78 is 10.3. The van der Waals surface area contributed by atoms with Crippen molar-refractivity contribution in [3.05, 3.63) is 35.4 Å². The van der Waals surface area contributed by atoms with Crippen molar-refractivity contribution in [1.29, 1.82) is 0 Å². The summed E-state index contributed by atoms with van der Waals surface area (Å²) in [4.78, 5) is 38.4. The lowest BCUT2D eigenvalue weighted by Crippen LogP contribution is -2.35. The minimum absolute atomic E-state index is 0.124. The summed E-state index contributed by atoms with van der Waals surface area (Å²) in [5.41, 5.74) is 2.29. The quantitative estimate of drug-likeness (QED) is 0.0487. The van der Waals surface area contributed by atoms with Crippen LogP contribution in [-0.4, -0.2) is 36.1 Å². The Kier molecular flexibility index (Phi) is 20.0. The molecule has 1 atom stereocenters. The molecule has 0 fully saturated rings. The molecule has 0 radical (unpaired) electrons. The molecule has 0 bridgehead atoms. The highest BCUT2D eigenvalue weighted by Crippen LogP contribution is 2.35. The zero-order chi connectivity index (χ0) is 31.0. The maximum absolute atomic E-state index is 12.7. The highest BCUT2D eigenvalue weighted by atomic mass is 16.7. The van der Waals surface area contributed by atoms with Crippen LogP contribution < -0.4 is 0 Å². The first-order chi connectivity index (χ1) is 21.1. The average molecular weight is 596 g/mol. The molecule has 1 aliphatic carbocycles. The lowest BCUT2D eigenvalue weighted by molar-refractivity contribution is -0.152. The van der Waals surface area contributed by atoms with Crippen LogP contribution in [0, 0.1) is 12.3 Å². The standard InChI is InChI=1S/C37H57NO5/c1-3-5-6-7-8-9-10-11-12-13-14-15-16-17-18-24-33(39)25-20-22-27-36(40)42-31-43-37(41)38(30-4-2)35-29-28-32-23-19-21-26-34(32)35/h2,19,21,23,26,35H,3,5-18,20,22,24-25,27-31H2,1H3/t35-/m1/s1. The van der Waals surface area contributed by atoms with Crippen LogP contribution in [0.3, 0.4) is 0 Å². The van der Waals surface area contributed by atoms with E-state index in [1.165, 1.54) is 93.9 Å². The molecule has 0 aromatic heterocycles. The Morgan fingerprint density at radius 2 is 1.30 bits per heavy atom. The van der Waals surface area contributed by atoms with Gasteiger partial charge in [0.1, 0.15) is 5.78 Å². The molecular formula is C37H57NO5. The van der Waals surface area contributed by atoms with Gasteiger partial charge in [0, 0.05) is 19.3 Å². The minimum atomic E-state index is -0.586. The van der Waals surface area contributed by atoms with E-state index in [0.29, 0.717) is 25.7 Å². The first-order valence-electron chi connectivity index (χ1n) is 17.2. The molecule has 0 saturated heterocycles. The zero-order valence-electron chi connectivity index (χ0n) is 26.9. The topological polar surface area (TPSA) is 72.9 Å². The molecule has 6 nitrogen and oxygen atoms in total. The summed E-state index contributed by atoms with van der Waals surface area (Å²) in [6.45, 7) is 1.95. The third-order valence-electron chi connectivity index (χ3n) is 8.52. The van der Waals surface area contributed by atoms with E-state index in [9.17, 15) is 14.4 Å². The second kappa shape index (κ2) is 23.6. The van der Waals surface area contributed by atoms with Gasteiger partial charge in [-0.3, -0.25) is 14.5 Å². The Morgan fingerprint density at radius 1 is 0.767 bits per heavy atom. The number of ether oxygens (including phenoxy) is 2. The van der Waals surface area contributed by atoms with Crippen molar-refractivity contribution in [2.24, 2.45) is 0 Å². The summed E-state index contributed by atoms with van der Waals surface area (Å²) in [5.74, 6) is 2.37. The SMILES string of the molecule is C#CCN(C(=O)OCOC(=O)CCCCC(=O)CCCCCCCCCCCCCCCCC)[C@@H]1CCc2ccccc21. The van der Waals surface area contributed by atoms with Crippen LogP contribution >= 0.6 is 0 Å². The second-order valence-electron chi connectivity index (χ2n) is 12.1. The van der Waals surface area contributed by atoms with Crippen molar-refractivity contribution < 1.29 is 23.9 Å². The summed E-state index contributed by atoms with van der Waals surface area (Å²) in [6, 6.07) is 7.87. The van der Waals surface area contributed by atoms with E-state index < -0.39 is 18.9 Å². The molecule has 0 unspecified atom stereocenters. The number of esters is 1. The number of carbonyl (C=O) groups is 3. The summed E-state index contributed by atoms with van der Waals surface area (Å²) in [6.07, 6.45) is 28.9. The van der Waals surface area contributed by atoms with Crippen molar-refractivity contribution in [3.63, 3.8) is 0 Å². The normalized spacial score (nSPS) is 13.7. The molecule has 2 rings (SSSR count). The number of unbranched alkanes of at least 4 members (excludes halogenated alkanes) is 15. The van der Waals surface area contributed by atoms with Gasteiger partial charge in [-0.15, -0.1) is 6.42 Å². The predicted octanol–water partition coefficient (Wildman–Crippen LogP) is 9.64. The molecule has 1 aromatic carbocycles. The maximum atomic E-state index is 12.7. The van der Waals surface area contributed by atoms with Gasteiger partial charge in [0.15, 0.2) is 0 Å². The molecular weight excluding hydrogens is 538 g/mol. The molecule has 0 aliphatic heterocycles. The fourth-order valence-corrected chi connectivity index (χ4v) is 5.97. The van der Waals surface area contributed by atoms with E-state index in [0.717, 1.165) is 31.2 Å². The van der Waals surface area contributed by atoms with Crippen LogP contribution in [0.2, 0.25) is 0 Å². The van der Waals surface area contributed by atoms with E-state index in [1.54, 1.807) is 0 Å². The van der Waals surface area contributed by atoms with Gasteiger partial charge in [0.25, 0.3) is 0 Å². The van der Waals surface area contributed by atoms with Crippen molar-refractivity contribution >= 4 is 17.8 Å². The molecule has 1 aliphatic rings. The van der Waals surface area contributed by atoms with Crippen LogP contribution in [0.15, 0.2) is 24.3 Å². The Balaban J connectivity index is 1.41. The first-order valence-corrected chi connectivity index (χ1v) is 17.2. The number of hydrogen-bond acceptors (Lipinski definition) is 5. The van der Waals surface area contributed by atoms with Gasteiger partial charge in [-0.2, -0.15) is 0 Å². The Labute approximate surface area is 261 Å². The number of aryl methyl sites for hydroxylation is 1. The van der Waals surface area contributed by atoms with Crippen molar-refractivity contribution in [3.8, 4) is 12.3 Å². The number of rotatable bonds is 25. The molecule has 0 N–H and O–H groups in total. The van der Waals surface area contributed by atoms with Gasteiger partial charge in [-0.05, 0) is 43.2 Å². The number of nitrogens with zero attached hydrogens (tertiary/aromatic N) is 1. The van der Waals surface area contributed by atoms with Gasteiger partial charge in [0.05, 0.1) is 12.6 Å². The third-order valence-corrected chi connectivity index (χ3v) is 8.52. The lowest BCUT2D eigenvalue weighted by Gasteiger charge is -2.27. The third kappa shape index (κ3) is 16.0. The molecule has 240 valence electrons. The minimum Gasteiger partial charge on any atom is -0.428 e. The highest BCUT2D eigenvalue weighted by Gasteiger charge is 2.31. The van der Waals surface area contributed by atoms with E-state index in [-0.39, 0.29) is 24.8 Å². The Morgan fingerprint density at radius 3 is 1.91 bits per heavy atom. The number of carbonyl (C=O) groups excluding carboxylic acids is 3. The van der Waals surface area contributed by atoms with Crippen molar-refractivity contribution in [1.82, 2.24) is 4.90 Å². The number of ketones is 1. The summed E-state index contributed by atoms with van der Waals surface area (Å²) in [5, 5.41) is 0. The van der Waals surface area contributed by atoms with E-state index in [4.69, 9.17) is 15.9 Å². The smallest absolute Gasteiger partial charge is 0.413 e. The number of Topliss-reactive ketones (excluding diaryl/α,β-unsaturated/α-hetero) is 1. The molecule has 43 heavy (non-hydrogen) atoms. The van der Waals surface area contributed by atoms with Crippen molar-refractivity contribution in [2.45, 2.75) is 154 Å². The number of fused-ring (bicyclic) bond motifs is 1. The number of amides is 1. The van der Waals surface area contributed by atoms with E-state index in [1.807, 2.05) is 18.2 Å². The second-order valence-corrected chi connectivity index (χ2v) is 12.1. The van der Waals surface area contributed by atoms with Crippen molar-refractivity contribution in [2.75, 3.05) is 13.3 Å². The van der Waals surface area contributed by atoms with Gasteiger partial charge < -0.3 is 9.47 Å². The highest BCUT2D eigenvalue weighted by molar-refractivity contribution is 5.78. The van der Waals surface area contributed by atoms with Crippen LogP contribution in [0.5, 0.6) is 0 Å². The lowest BCUT2D eigenvalue weighted by atomic mass is 10.0.